The minimum atomic E-state index is -0.431. The van der Waals surface area contributed by atoms with E-state index in [0.29, 0.717) is 17.7 Å². The number of carbonyl (C=O) groups is 1. The van der Waals surface area contributed by atoms with Gasteiger partial charge < -0.3 is 11.1 Å². The van der Waals surface area contributed by atoms with Crippen LogP contribution in [0.2, 0.25) is 0 Å². The number of anilines is 1. The molecule has 0 aromatic heterocycles. The molecule has 0 radical (unpaired) electrons. The summed E-state index contributed by atoms with van der Waals surface area (Å²) < 4.78 is 13.0. The average molecular weight is 254 g/mol. The molecule has 0 saturated heterocycles. The van der Waals surface area contributed by atoms with Crippen LogP contribution in [0.5, 0.6) is 0 Å². The maximum atomic E-state index is 13.0. The Morgan fingerprint density at radius 2 is 2.24 bits per heavy atom. The number of unbranched alkanes of at least 4 members (excludes halogenated alkanes) is 1. The molecule has 0 atom stereocenters. The highest BCUT2D eigenvalue weighted by Gasteiger charge is 2.09. The zero-order chi connectivity index (χ0) is 12.8. The molecule has 0 heterocycles. The molecule has 0 aliphatic rings. The van der Waals surface area contributed by atoms with Gasteiger partial charge in [-0.15, -0.1) is 0 Å². The van der Waals surface area contributed by atoms with Crippen LogP contribution in [0.3, 0.4) is 0 Å². The highest BCUT2D eigenvalue weighted by molar-refractivity contribution is 7.80. The lowest BCUT2D eigenvalue weighted by Crippen LogP contribution is -2.17. The van der Waals surface area contributed by atoms with Gasteiger partial charge in [0.15, 0.2) is 0 Å². The summed E-state index contributed by atoms with van der Waals surface area (Å²) in [6.07, 6.45) is 2.19. The largest absolute Gasteiger partial charge is 0.389 e. The van der Waals surface area contributed by atoms with Gasteiger partial charge in [0.1, 0.15) is 10.8 Å². The SMILES string of the molecule is CCCCC(=O)Nc1ccc(F)cc1C(N)=S. The van der Waals surface area contributed by atoms with E-state index in [1.165, 1.54) is 18.2 Å². The number of nitrogens with two attached hydrogens (primary N) is 1. The van der Waals surface area contributed by atoms with Crippen LogP contribution < -0.4 is 11.1 Å². The number of benzene rings is 1. The van der Waals surface area contributed by atoms with Gasteiger partial charge in [0.2, 0.25) is 5.91 Å². The fourth-order valence-electron chi connectivity index (χ4n) is 1.38. The van der Waals surface area contributed by atoms with Gasteiger partial charge in [-0.25, -0.2) is 4.39 Å². The molecule has 5 heteroatoms. The lowest BCUT2D eigenvalue weighted by atomic mass is 10.1. The highest BCUT2D eigenvalue weighted by atomic mass is 32.1. The van der Waals surface area contributed by atoms with E-state index in [0.717, 1.165) is 12.8 Å². The smallest absolute Gasteiger partial charge is 0.224 e. The molecule has 17 heavy (non-hydrogen) atoms. The Hall–Kier alpha value is -1.49. The molecule has 0 bridgehead atoms. The summed E-state index contributed by atoms with van der Waals surface area (Å²) in [6.45, 7) is 2.01. The number of nitrogens with one attached hydrogen (secondary N) is 1. The van der Waals surface area contributed by atoms with Gasteiger partial charge in [-0.3, -0.25) is 4.79 Å². The summed E-state index contributed by atoms with van der Waals surface area (Å²) in [5.41, 5.74) is 6.28. The van der Waals surface area contributed by atoms with Crippen molar-refractivity contribution < 1.29 is 9.18 Å². The van der Waals surface area contributed by atoms with Gasteiger partial charge in [0.25, 0.3) is 0 Å². The topological polar surface area (TPSA) is 55.1 Å². The fourth-order valence-corrected chi connectivity index (χ4v) is 1.55. The van der Waals surface area contributed by atoms with Gasteiger partial charge in [-0.05, 0) is 24.6 Å². The average Bonchev–Trinajstić information content (AvgIpc) is 2.28. The van der Waals surface area contributed by atoms with E-state index in [4.69, 9.17) is 18.0 Å². The molecule has 92 valence electrons. The number of rotatable bonds is 5. The van der Waals surface area contributed by atoms with Crippen LogP contribution in [0.4, 0.5) is 10.1 Å². The molecule has 3 N–H and O–H groups in total. The molecule has 1 aromatic rings. The molecular formula is C12H15FN2OS. The third-order valence-corrected chi connectivity index (χ3v) is 2.50. The second kappa shape index (κ2) is 6.30. The van der Waals surface area contributed by atoms with Crippen molar-refractivity contribution in [1.82, 2.24) is 0 Å². The summed E-state index contributed by atoms with van der Waals surface area (Å²) in [4.78, 5) is 11.6. The van der Waals surface area contributed by atoms with Gasteiger partial charge in [0, 0.05) is 12.0 Å². The van der Waals surface area contributed by atoms with Crippen molar-refractivity contribution in [2.24, 2.45) is 5.73 Å². The highest BCUT2D eigenvalue weighted by Crippen LogP contribution is 2.17. The molecule has 1 amide bonds. The van der Waals surface area contributed by atoms with Crippen molar-refractivity contribution in [3.8, 4) is 0 Å². The van der Waals surface area contributed by atoms with Gasteiger partial charge >= 0.3 is 0 Å². The lowest BCUT2D eigenvalue weighted by Gasteiger charge is -2.10. The van der Waals surface area contributed by atoms with Crippen molar-refractivity contribution in [1.29, 1.82) is 0 Å². The monoisotopic (exact) mass is 254 g/mol. The summed E-state index contributed by atoms with van der Waals surface area (Å²) in [5.74, 6) is -0.546. The van der Waals surface area contributed by atoms with Crippen molar-refractivity contribution in [3.63, 3.8) is 0 Å². The number of halogens is 1. The van der Waals surface area contributed by atoms with Crippen LogP contribution in [0.25, 0.3) is 0 Å². The van der Waals surface area contributed by atoms with Gasteiger partial charge in [-0.1, -0.05) is 25.6 Å². The number of carbonyl (C=O) groups excluding carboxylic acids is 1. The van der Waals surface area contributed by atoms with Crippen LogP contribution in [-0.4, -0.2) is 10.9 Å². The molecule has 3 nitrogen and oxygen atoms in total. The molecule has 1 aromatic carbocycles. The van der Waals surface area contributed by atoms with E-state index in [1.807, 2.05) is 6.92 Å². The first-order valence-corrected chi connectivity index (χ1v) is 5.84. The molecule has 0 fully saturated rings. The summed E-state index contributed by atoms with van der Waals surface area (Å²) in [5, 5.41) is 2.68. The maximum absolute atomic E-state index is 13.0. The van der Waals surface area contributed by atoms with Crippen LogP contribution in [0, 0.1) is 5.82 Å². The Morgan fingerprint density at radius 3 is 2.82 bits per heavy atom. The summed E-state index contributed by atoms with van der Waals surface area (Å²) in [6, 6.07) is 3.95. The lowest BCUT2D eigenvalue weighted by molar-refractivity contribution is -0.116. The fraction of sp³-hybridized carbons (Fsp3) is 0.333. The summed E-state index contributed by atoms with van der Waals surface area (Å²) in [7, 11) is 0. The van der Waals surface area contributed by atoms with Crippen molar-refractivity contribution >= 4 is 28.8 Å². The molecular weight excluding hydrogens is 239 g/mol. The van der Waals surface area contributed by atoms with E-state index in [1.54, 1.807) is 0 Å². The van der Waals surface area contributed by atoms with E-state index < -0.39 is 5.82 Å². The van der Waals surface area contributed by atoms with Crippen LogP contribution in [0.15, 0.2) is 18.2 Å². The zero-order valence-corrected chi connectivity index (χ0v) is 10.4. The Kier molecular flexibility index (Phi) is 5.03. The van der Waals surface area contributed by atoms with Gasteiger partial charge in [0.05, 0.1) is 5.69 Å². The minimum absolute atomic E-state index is 0.0651. The number of amides is 1. The number of thiocarbonyl (C=S) groups is 1. The van der Waals surface area contributed by atoms with Crippen molar-refractivity contribution in [2.45, 2.75) is 26.2 Å². The Bertz CT molecular complexity index is 435. The number of hydrogen-bond donors (Lipinski definition) is 2. The van der Waals surface area contributed by atoms with E-state index in [2.05, 4.69) is 5.32 Å². The molecule has 0 aliphatic heterocycles. The normalized spacial score (nSPS) is 10.0. The van der Waals surface area contributed by atoms with E-state index in [-0.39, 0.29) is 10.9 Å². The van der Waals surface area contributed by atoms with E-state index in [9.17, 15) is 9.18 Å². The zero-order valence-electron chi connectivity index (χ0n) is 9.63. The standard InChI is InChI=1S/C12H15FN2OS/c1-2-3-4-11(16)15-10-6-5-8(13)7-9(10)12(14)17/h5-7H,2-4H2,1H3,(H2,14,17)(H,15,16). The second-order valence-corrected chi connectivity index (χ2v) is 4.15. The van der Waals surface area contributed by atoms with Gasteiger partial charge in [-0.2, -0.15) is 0 Å². The predicted molar refractivity (Wildman–Crippen MR) is 70.4 cm³/mol. The summed E-state index contributed by atoms with van der Waals surface area (Å²) >= 11 is 4.81. The van der Waals surface area contributed by atoms with E-state index >= 15 is 0 Å². The van der Waals surface area contributed by atoms with Crippen molar-refractivity contribution in [3.05, 3.63) is 29.6 Å². The first-order valence-electron chi connectivity index (χ1n) is 5.43. The Balaban J connectivity index is 2.83. The first kappa shape index (κ1) is 13.6. The van der Waals surface area contributed by atoms with Crippen molar-refractivity contribution in [2.75, 3.05) is 5.32 Å². The predicted octanol–water partition coefficient (Wildman–Crippen LogP) is 2.59. The molecule has 1 rings (SSSR count). The van der Waals surface area contributed by atoms with Crippen LogP contribution >= 0.6 is 12.2 Å². The Morgan fingerprint density at radius 1 is 1.53 bits per heavy atom. The molecule has 0 saturated carbocycles. The molecule has 0 spiro atoms. The molecule has 0 aliphatic carbocycles. The quantitative estimate of drug-likeness (QED) is 0.794. The third-order valence-electron chi connectivity index (χ3n) is 2.28. The first-order chi connectivity index (χ1) is 8.04. The maximum Gasteiger partial charge on any atom is 0.224 e. The molecule has 0 unspecified atom stereocenters. The van der Waals surface area contributed by atoms with Crippen LogP contribution in [-0.2, 0) is 4.79 Å². The number of hydrogen-bond acceptors (Lipinski definition) is 2. The Labute approximate surface area is 105 Å². The van der Waals surface area contributed by atoms with Crippen LogP contribution in [0.1, 0.15) is 31.7 Å². The second-order valence-electron chi connectivity index (χ2n) is 3.71. The third kappa shape index (κ3) is 4.11. The minimum Gasteiger partial charge on any atom is -0.389 e.